The molecule has 0 aliphatic heterocycles. The van der Waals surface area contributed by atoms with Gasteiger partial charge in [-0.3, -0.25) is 25.2 Å². The lowest BCUT2D eigenvalue weighted by molar-refractivity contribution is -0.122. The quantitative estimate of drug-likeness (QED) is 0.721. The number of nitrogens with zero attached hydrogens (tertiary/aromatic N) is 1. The van der Waals surface area contributed by atoms with Gasteiger partial charge in [0.1, 0.15) is 11.3 Å². The molecule has 134 valence electrons. The number of hydrogen-bond donors (Lipinski definition) is 3. The van der Waals surface area contributed by atoms with Gasteiger partial charge in [0, 0.05) is 18.4 Å². The van der Waals surface area contributed by atoms with Gasteiger partial charge in [0.2, 0.25) is 5.91 Å². The molecule has 25 heavy (non-hydrogen) atoms. The lowest BCUT2D eigenvalue weighted by Gasteiger charge is -2.15. The predicted octanol–water partition coefficient (Wildman–Crippen LogP) is 1.92. The Morgan fingerprint density at radius 3 is 2.52 bits per heavy atom. The van der Waals surface area contributed by atoms with Gasteiger partial charge >= 0.3 is 0 Å². The van der Waals surface area contributed by atoms with Crippen molar-refractivity contribution in [3.05, 3.63) is 40.2 Å². The third kappa shape index (κ3) is 3.99. The van der Waals surface area contributed by atoms with E-state index in [0.717, 1.165) is 0 Å². The topological polar surface area (TPSA) is 100 Å². The normalized spacial score (nSPS) is 10.9. The Labute approximate surface area is 145 Å². The molecule has 0 spiro atoms. The molecule has 0 atom stereocenters. The Bertz CT molecular complexity index is 855. The molecule has 1 aromatic carbocycles. The Balaban J connectivity index is 2.42. The number of nitrogens with one attached hydrogen (secondary N) is 2. The Morgan fingerprint density at radius 1 is 1.20 bits per heavy atom. The minimum absolute atomic E-state index is 0.132. The zero-order valence-corrected chi connectivity index (χ0v) is 14.6. The van der Waals surface area contributed by atoms with Crippen molar-refractivity contribution < 1.29 is 14.7 Å². The summed E-state index contributed by atoms with van der Waals surface area (Å²) in [7, 11) is 0. The molecule has 2 amide bonds. The number of para-hydroxylation sites is 1. The monoisotopic (exact) mass is 345 g/mol. The minimum Gasteiger partial charge on any atom is -0.506 e. The fourth-order valence-electron chi connectivity index (χ4n) is 2.65. The van der Waals surface area contributed by atoms with E-state index in [-0.39, 0.29) is 29.6 Å². The van der Waals surface area contributed by atoms with E-state index < -0.39 is 11.5 Å². The summed E-state index contributed by atoms with van der Waals surface area (Å²) in [6.45, 7) is 6.08. The Hall–Kier alpha value is -2.83. The summed E-state index contributed by atoms with van der Waals surface area (Å²) in [5.74, 6) is -1.45. The van der Waals surface area contributed by atoms with E-state index in [4.69, 9.17) is 0 Å². The molecule has 0 saturated carbocycles. The van der Waals surface area contributed by atoms with Crippen molar-refractivity contribution in [1.82, 2.24) is 15.4 Å². The van der Waals surface area contributed by atoms with Gasteiger partial charge in [-0.05, 0) is 24.5 Å². The molecule has 0 aliphatic rings. The number of carbonyl (C=O) groups excluding carboxylic acids is 2. The number of pyridine rings is 1. The first kappa shape index (κ1) is 18.5. The number of rotatable bonds is 5. The SMILES string of the molecule is CCCn1c(=O)c(C(=O)NNC(=O)CC(C)C)c(O)c2ccccc21. The van der Waals surface area contributed by atoms with Crippen LogP contribution in [0.3, 0.4) is 0 Å². The van der Waals surface area contributed by atoms with E-state index in [1.54, 1.807) is 24.3 Å². The summed E-state index contributed by atoms with van der Waals surface area (Å²) in [6.07, 6.45) is 0.935. The van der Waals surface area contributed by atoms with Crippen LogP contribution in [0, 0.1) is 5.92 Å². The van der Waals surface area contributed by atoms with Crippen molar-refractivity contribution in [3.63, 3.8) is 0 Å². The molecular formula is C18H23N3O4. The van der Waals surface area contributed by atoms with Crippen LogP contribution < -0.4 is 16.4 Å². The zero-order valence-electron chi connectivity index (χ0n) is 14.6. The molecule has 3 N–H and O–H groups in total. The Kier molecular flexibility index (Phi) is 5.80. The number of carbonyl (C=O) groups is 2. The summed E-state index contributed by atoms with van der Waals surface area (Å²) in [5.41, 5.74) is 4.07. The van der Waals surface area contributed by atoms with Crippen LogP contribution in [0.5, 0.6) is 5.75 Å². The van der Waals surface area contributed by atoms with Crippen LogP contribution in [0.25, 0.3) is 10.9 Å². The maximum absolute atomic E-state index is 12.7. The summed E-state index contributed by atoms with van der Waals surface area (Å²) >= 11 is 0. The van der Waals surface area contributed by atoms with Gasteiger partial charge in [0.25, 0.3) is 11.5 Å². The van der Waals surface area contributed by atoms with Crippen LogP contribution in [0.15, 0.2) is 29.1 Å². The molecule has 1 aromatic heterocycles. The first-order valence-electron chi connectivity index (χ1n) is 8.30. The lowest BCUT2D eigenvalue weighted by Crippen LogP contribution is -2.44. The largest absolute Gasteiger partial charge is 0.506 e. The van der Waals surface area contributed by atoms with Crippen LogP contribution in [-0.4, -0.2) is 21.5 Å². The third-order valence-corrected chi connectivity index (χ3v) is 3.73. The lowest BCUT2D eigenvalue weighted by atomic mass is 10.1. The van der Waals surface area contributed by atoms with Crippen LogP contribution in [0.1, 0.15) is 44.0 Å². The van der Waals surface area contributed by atoms with E-state index >= 15 is 0 Å². The molecule has 0 unspecified atom stereocenters. The molecule has 0 aliphatic carbocycles. The van der Waals surface area contributed by atoms with Crippen molar-refractivity contribution in [2.45, 2.75) is 40.2 Å². The number of benzene rings is 1. The van der Waals surface area contributed by atoms with Gasteiger partial charge in [-0.15, -0.1) is 0 Å². The molecule has 0 saturated heterocycles. The van der Waals surface area contributed by atoms with E-state index in [9.17, 15) is 19.5 Å². The van der Waals surface area contributed by atoms with E-state index in [2.05, 4.69) is 10.9 Å². The van der Waals surface area contributed by atoms with Gasteiger partial charge in [0.15, 0.2) is 0 Å². The summed E-state index contributed by atoms with van der Waals surface area (Å²) in [6, 6.07) is 6.84. The summed E-state index contributed by atoms with van der Waals surface area (Å²) in [4.78, 5) is 36.7. The third-order valence-electron chi connectivity index (χ3n) is 3.73. The number of amides is 2. The van der Waals surface area contributed by atoms with Crippen LogP contribution in [0.2, 0.25) is 0 Å². The predicted molar refractivity (Wildman–Crippen MR) is 95.2 cm³/mol. The highest BCUT2D eigenvalue weighted by molar-refractivity contribution is 6.02. The van der Waals surface area contributed by atoms with Gasteiger partial charge in [0.05, 0.1) is 5.52 Å². The first-order valence-corrected chi connectivity index (χ1v) is 8.30. The standard InChI is InChI=1S/C18H23N3O4/c1-4-9-21-13-8-6-5-7-12(13)16(23)15(18(21)25)17(24)20-19-14(22)10-11(2)3/h5-8,11,23H,4,9-10H2,1-3H3,(H,19,22)(H,20,24). The second-order valence-corrected chi connectivity index (χ2v) is 6.30. The first-order chi connectivity index (χ1) is 11.9. The Morgan fingerprint density at radius 2 is 1.88 bits per heavy atom. The second kappa shape index (κ2) is 7.83. The van der Waals surface area contributed by atoms with Crippen LogP contribution in [0.4, 0.5) is 0 Å². The number of hydrazine groups is 1. The highest BCUT2D eigenvalue weighted by Crippen LogP contribution is 2.26. The number of aromatic hydroxyl groups is 1. The molecule has 2 rings (SSSR count). The molecule has 2 aromatic rings. The molecule has 0 radical (unpaired) electrons. The molecule has 1 heterocycles. The number of aryl methyl sites for hydroxylation is 1. The van der Waals surface area contributed by atoms with Crippen molar-refractivity contribution in [2.24, 2.45) is 5.92 Å². The van der Waals surface area contributed by atoms with Crippen LogP contribution in [-0.2, 0) is 11.3 Å². The average Bonchev–Trinajstić information content (AvgIpc) is 2.56. The zero-order chi connectivity index (χ0) is 18.6. The molecule has 0 bridgehead atoms. The average molecular weight is 345 g/mol. The summed E-state index contributed by atoms with van der Waals surface area (Å²) in [5, 5.41) is 10.8. The molecular weight excluding hydrogens is 322 g/mol. The second-order valence-electron chi connectivity index (χ2n) is 6.30. The van der Waals surface area contributed by atoms with Crippen molar-refractivity contribution in [2.75, 3.05) is 0 Å². The van der Waals surface area contributed by atoms with Crippen LogP contribution >= 0.6 is 0 Å². The molecule has 7 nitrogen and oxygen atoms in total. The molecule has 7 heteroatoms. The van der Waals surface area contributed by atoms with Gasteiger partial charge in [-0.25, -0.2) is 0 Å². The fourth-order valence-corrected chi connectivity index (χ4v) is 2.65. The highest BCUT2D eigenvalue weighted by Gasteiger charge is 2.22. The number of fused-ring (bicyclic) bond motifs is 1. The number of hydrogen-bond acceptors (Lipinski definition) is 4. The maximum Gasteiger partial charge on any atom is 0.279 e. The van der Waals surface area contributed by atoms with Gasteiger partial charge < -0.3 is 9.67 Å². The minimum atomic E-state index is -0.838. The van der Waals surface area contributed by atoms with E-state index in [1.807, 2.05) is 20.8 Å². The fraction of sp³-hybridized carbons (Fsp3) is 0.389. The highest BCUT2D eigenvalue weighted by atomic mass is 16.3. The van der Waals surface area contributed by atoms with Crippen molar-refractivity contribution in [3.8, 4) is 5.75 Å². The maximum atomic E-state index is 12.7. The smallest absolute Gasteiger partial charge is 0.279 e. The van der Waals surface area contributed by atoms with Gasteiger partial charge in [-0.1, -0.05) is 32.9 Å². The van der Waals surface area contributed by atoms with E-state index in [1.165, 1.54) is 4.57 Å². The molecule has 0 fully saturated rings. The van der Waals surface area contributed by atoms with Gasteiger partial charge in [-0.2, -0.15) is 0 Å². The number of aromatic nitrogens is 1. The van der Waals surface area contributed by atoms with Crippen molar-refractivity contribution >= 4 is 22.7 Å². The van der Waals surface area contributed by atoms with Crippen molar-refractivity contribution in [1.29, 1.82) is 0 Å². The summed E-state index contributed by atoms with van der Waals surface area (Å²) < 4.78 is 1.46. The van der Waals surface area contributed by atoms with E-state index in [0.29, 0.717) is 23.9 Å².